The molecule has 15 heavy (non-hydrogen) atoms. The van der Waals surface area contributed by atoms with E-state index < -0.39 is 5.54 Å². The third kappa shape index (κ3) is 4.62. The second-order valence-electron chi connectivity index (χ2n) is 4.07. The van der Waals surface area contributed by atoms with E-state index in [-0.39, 0.29) is 5.97 Å². The summed E-state index contributed by atoms with van der Waals surface area (Å²) in [4.78, 5) is 13.7. The highest BCUT2D eigenvalue weighted by Gasteiger charge is 2.31. The molecular formula is C11H24N2O2. The molecule has 1 unspecified atom stereocenters. The second kappa shape index (κ2) is 6.80. The highest BCUT2D eigenvalue weighted by atomic mass is 16.5. The summed E-state index contributed by atoms with van der Waals surface area (Å²) in [7, 11) is 5.30. The van der Waals surface area contributed by atoms with Crippen molar-refractivity contribution >= 4 is 5.97 Å². The number of carbonyl (C=O) groups excluding carboxylic acids is 1. The second-order valence-corrected chi connectivity index (χ2v) is 4.07. The first-order chi connectivity index (χ1) is 7.00. The quantitative estimate of drug-likeness (QED) is 0.641. The molecule has 0 aromatic heterocycles. The van der Waals surface area contributed by atoms with E-state index in [1.807, 2.05) is 6.92 Å². The van der Waals surface area contributed by atoms with E-state index in [9.17, 15) is 4.79 Å². The summed E-state index contributed by atoms with van der Waals surface area (Å²) >= 11 is 0. The molecule has 0 rings (SSSR count). The van der Waals surface area contributed by atoms with Crippen LogP contribution < -0.4 is 5.32 Å². The number of ether oxygens (including phenoxy) is 1. The lowest BCUT2D eigenvalue weighted by Crippen LogP contribution is -2.48. The van der Waals surface area contributed by atoms with Crippen LogP contribution in [0.25, 0.3) is 0 Å². The van der Waals surface area contributed by atoms with Crippen LogP contribution in [-0.2, 0) is 9.53 Å². The summed E-state index contributed by atoms with van der Waals surface area (Å²) in [6.45, 7) is 6.04. The smallest absolute Gasteiger partial charge is 0.325 e. The number of hydrogen-bond acceptors (Lipinski definition) is 4. The Labute approximate surface area is 93.0 Å². The lowest BCUT2D eigenvalue weighted by molar-refractivity contribution is -0.148. The largest absolute Gasteiger partial charge is 0.468 e. The van der Waals surface area contributed by atoms with Gasteiger partial charge in [-0.3, -0.25) is 4.79 Å². The zero-order valence-electron chi connectivity index (χ0n) is 10.6. The van der Waals surface area contributed by atoms with Gasteiger partial charge in [0.05, 0.1) is 7.11 Å². The van der Waals surface area contributed by atoms with Crippen LogP contribution in [0.4, 0.5) is 0 Å². The van der Waals surface area contributed by atoms with E-state index in [2.05, 4.69) is 24.2 Å². The summed E-state index contributed by atoms with van der Waals surface area (Å²) in [6, 6.07) is 0. The fraction of sp³-hybridized carbons (Fsp3) is 0.909. The SMILES string of the molecule is CCN(C)CCCC(C)(NC)C(=O)OC. The Morgan fingerprint density at radius 3 is 2.53 bits per heavy atom. The molecule has 0 aliphatic carbocycles. The Morgan fingerprint density at radius 2 is 2.13 bits per heavy atom. The summed E-state index contributed by atoms with van der Waals surface area (Å²) in [5, 5.41) is 3.03. The third-order valence-electron chi connectivity index (χ3n) is 2.94. The molecule has 0 aromatic carbocycles. The lowest BCUT2D eigenvalue weighted by atomic mass is 9.96. The predicted molar refractivity (Wildman–Crippen MR) is 61.9 cm³/mol. The number of hydrogen-bond donors (Lipinski definition) is 1. The van der Waals surface area contributed by atoms with Crippen molar-refractivity contribution in [3.05, 3.63) is 0 Å². The third-order valence-corrected chi connectivity index (χ3v) is 2.94. The van der Waals surface area contributed by atoms with E-state index in [4.69, 9.17) is 4.74 Å². The highest BCUT2D eigenvalue weighted by molar-refractivity contribution is 5.80. The van der Waals surface area contributed by atoms with Gasteiger partial charge in [0.25, 0.3) is 0 Å². The van der Waals surface area contributed by atoms with Crippen LogP contribution in [0.15, 0.2) is 0 Å². The molecule has 0 saturated carbocycles. The van der Waals surface area contributed by atoms with Crippen LogP contribution in [0.3, 0.4) is 0 Å². The minimum Gasteiger partial charge on any atom is -0.468 e. The molecule has 0 heterocycles. The number of nitrogens with one attached hydrogen (secondary N) is 1. The Balaban J connectivity index is 4.04. The zero-order valence-corrected chi connectivity index (χ0v) is 10.6. The molecule has 0 fully saturated rings. The maximum atomic E-state index is 11.5. The van der Waals surface area contributed by atoms with Gasteiger partial charge in [-0.15, -0.1) is 0 Å². The number of likely N-dealkylation sites (N-methyl/N-ethyl adjacent to an activating group) is 1. The number of nitrogens with zero attached hydrogens (tertiary/aromatic N) is 1. The summed E-state index contributed by atoms with van der Waals surface area (Å²) in [5.41, 5.74) is -0.552. The van der Waals surface area contributed by atoms with Crippen molar-refractivity contribution in [2.45, 2.75) is 32.2 Å². The minimum absolute atomic E-state index is 0.191. The molecule has 4 heteroatoms. The van der Waals surface area contributed by atoms with Crippen LogP contribution in [0.2, 0.25) is 0 Å². The van der Waals surface area contributed by atoms with E-state index in [1.54, 1.807) is 7.05 Å². The summed E-state index contributed by atoms with van der Waals surface area (Å²) < 4.78 is 4.78. The van der Waals surface area contributed by atoms with Crippen molar-refractivity contribution in [1.82, 2.24) is 10.2 Å². The molecule has 0 aromatic rings. The molecule has 0 radical (unpaired) electrons. The van der Waals surface area contributed by atoms with Crippen LogP contribution in [0.5, 0.6) is 0 Å². The van der Waals surface area contributed by atoms with E-state index in [1.165, 1.54) is 7.11 Å². The van der Waals surface area contributed by atoms with Gasteiger partial charge in [0, 0.05) is 0 Å². The van der Waals surface area contributed by atoms with Crippen molar-refractivity contribution in [3.8, 4) is 0 Å². The molecule has 0 aliphatic rings. The molecule has 1 N–H and O–H groups in total. The maximum absolute atomic E-state index is 11.5. The van der Waals surface area contributed by atoms with Crippen LogP contribution in [0.1, 0.15) is 26.7 Å². The Bertz CT molecular complexity index is 197. The molecule has 1 atom stereocenters. The van der Waals surface area contributed by atoms with Crippen molar-refractivity contribution < 1.29 is 9.53 Å². The van der Waals surface area contributed by atoms with Gasteiger partial charge in [0.1, 0.15) is 5.54 Å². The molecular weight excluding hydrogens is 192 g/mol. The average Bonchev–Trinajstić information content (AvgIpc) is 2.27. The van der Waals surface area contributed by atoms with E-state index >= 15 is 0 Å². The molecule has 0 spiro atoms. The summed E-state index contributed by atoms with van der Waals surface area (Å²) in [6.07, 6.45) is 1.78. The van der Waals surface area contributed by atoms with Crippen molar-refractivity contribution in [1.29, 1.82) is 0 Å². The number of carbonyl (C=O) groups is 1. The number of rotatable bonds is 7. The first-order valence-electron chi connectivity index (χ1n) is 5.46. The van der Waals surface area contributed by atoms with Crippen molar-refractivity contribution in [2.24, 2.45) is 0 Å². The molecule has 90 valence electrons. The monoisotopic (exact) mass is 216 g/mol. The molecule has 4 nitrogen and oxygen atoms in total. The Kier molecular flexibility index (Phi) is 6.52. The maximum Gasteiger partial charge on any atom is 0.325 e. The fourth-order valence-electron chi connectivity index (χ4n) is 1.42. The zero-order chi connectivity index (χ0) is 11.9. The van der Waals surface area contributed by atoms with Gasteiger partial charge >= 0.3 is 5.97 Å². The van der Waals surface area contributed by atoms with Crippen molar-refractivity contribution in [3.63, 3.8) is 0 Å². The Morgan fingerprint density at radius 1 is 1.53 bits per heavy atom. The van der Waals surface area contributed by atoms with Gasteiger partial charge in [-0.2, -0.15) is 0 Å². The normalized spacial score (nSPS) is 15.1. The number of methoxy groups -OCH3 is 1. The predicted octanol–water partition coefficient (Wildman–Crippen LogP) is 0.869. The molecule has 0 amide bonds. The van der Waals surface area contributed by atoms with Gasteiger partial charge in [0.2, 0.25) is 0 Å². The molecule has 0 bridgehead atoms. The first-order valence-corrected chi connectivity index (χ1v) is 5.46. The summed E-state index contributed by atoms with van der Waals surface area (Å²) in [5.74, 6) is -0.191. The van der Waals surface area contributed by atoms with Gasteiger partial charge < -0.3 is 15.0 Å². The first kappa shape index (κ1) is 14.4. The van der Waals surface area contributed by atoms with Crippen molar-refractivity contribution in [2.75, 3.05) is 34.3 Å². The van der Waals surface area contributed by atoms with Crippen LogP contribution in [0, 0.1) is 0 Å². The van der Waals surface area contributed by atoms with Gasteiger partial charge in [-0.25, -0.2) is 0 Å². The van der Waals surface area contributed by atoms with Crippen LogP contribution in [-0.4, -0.2) is 50.7 Å². The standard InChI is InChI=1S/C11H24N2O2/c1-6-13(4)9-7-8-11(2,12-3)10(14)15-5/h12H,6-9H2,1-5H3. The fourth-order valence-corrected chi connectivity index (χ4v) is 1.42. The molecule has 0 aliphatic heterocycles. The van der Waals surface area contributed by atoms with E-state index in [0.717, 1.165) is 25.9 Å². The van der Waals surface area contributed by atoms with Gasteiger partial charge in [0.15, 0.2) is 0 Å². The average molecular weight is 216 g/mol. The lowest BCUT2D eigenvalue weighted by Gasteiger charge is -2.26. The van der Waals surface area contributed by atoms with Gasteiger partial charge in [-0.05, 0) is 47.0 Å². The minimum atomic E-state index is -0.552. The molecule has 0 saturated heterocycles. The Hall–Kier alpha value is -0.610. The van der Waals surface area contributed by atoms with Crippen LogP contribution >= 0.6 is 0 Å². The number of esters is 1. The topological polar surface area (TPSA) is 41.6 Å². The van der Waals surface area contributed by atoms with E-state index in [0.29, 0.717) is 0 Å². The highest BCUT2D eigenvalue weighted by Crippen LogP contribution is 2.13. The van der Waals surface area contributed by atoms with Gasteiger partial charge in [-0.1, -0.05) is 6.92 Å².